The van der Waals surface area contributed by atoms with Gasteiger partial charge in [0.2, 0.25) is 11.8 Å². The Hall–Kier alpha value is -4.81. The van der Waals surface area contributed by atoms with E-state index in [1.54, 1.807) is 62.1 Å². The van der Waals surface area contributed by atoms with Crippen LogP contribution in [0.25, 0.3) is 0 Å². The molecule has 4 rings (SSSR count). The SMILES string of the molecule is CC(C)(C)OC(=O)NC1CCN(C(=O)CN(CC(=O)NCc2cc(F)cc(C(F)(F)F)c2)c2ccc(Oc3ccccc3)cc2)C1. The van der Waals surface area contributed by atoms with Crippen molar-refractivity contribution in [2.24, 2.45) is 0 Å². The smallest absolute Gasteiger partial charge is 0.416 e. The summed E-state index contributed by atoms with van der Waals surface area (Å²) < 4.78 is 64.4. The summed E-state index contributed by atoms with van der Waals surface area (Å²) in [6.45, 7) is 5.01. The van der Waals surface area contributed by atoms with Gasteiger partial charge in [0.1, 0.15) is 22.9 Å². The number of likely N-dealkylation sites (tertiary alicyclic amines) is 1. The molecular formula is C33H36F4N4O5. The Labute approximate surface area is 264 Å². The number of amides is 3. The fourth-order valence-electron chi connectivity index (χ4n) is 4.78. The molecule has 3 amide bonds. The highest BCUT2D eigenvalue weighted by molar-refractivity contribution is 5.86. The van der Waals surface area contributed by atoms with Crippen molar-refractivity contribution in [1.29, 1.82) is 0 Å². The second-order valence-corrected chi connectivity index (χ2v) is 11.9. The number of hydrogen-bond acceptors (Lipinski definition) is 6. The molecule has 0 aromatic heterocycles. The lowest BCUT2D eigenvalue weighted by Crippen LogP contribution is -2.45. The first kappa shape index (κ1) is 34.1. The van der Waals surface area contributed by atoms with Crippen molar-refractivity contribution >= 4 is 23.6 Å². The molecule has 3 aromatic carbocycles. The number of anilines is 1. The van der Waals surface area contributed by atoms with Crippen molar-refractivity contribution in [3.05, 3.63) is 89.7 Å². The van der Waals surface area contributed by atoms with Gasteiger partial charge in [0.05, 0.1) is 24.7 Å². The first-order valence-corrected chi connectivity index (χ1v) is 14.6. The van der Waals surface area contributed by atoms with Crippen molar-refractivity contribution in [2.45, 2.75) is 51.6 Å². The number of halogens is 4. The first-order chi connectivity index (χ1) is 21.6. The number of alkyl halides is 3. The maximum Gasteiger partial charge on any atom is 0.416 e. The Morgan fingerprint density at radius 2 is 1.61 bits per heavy atom. The monoisotopic (exact) mass is 644 g/mol. The van der Waals surface area contributed by atoms with Crippen molar-refractivity contribution in [3.8, 4) is 11.5 Å². The standard InChI is InChI=1S/C33H36F4N4O5/c1-32(2,3)46-31(44)39-25-13-14-40(19-25)30(43)21-41(26-9-11-28(12-10-26)45-27-7-5-4-6-8-27)20-29(42)38-18-22-15-23(33(35,36)37)17-24(34)16-22/h4-12,15-17,25H,13-14,18-21H2,1-3H3,(H,38,42)(H,39,44). The molecule has 1 aliphatic heterocycles. The number of hydrogen-bond donors (Lipinski definition) is 2. The Morgan fingerprint density at radius 3 is 2.26 bits per heavy atom. The molecule has 1 fully saturated rings. The number of carbonyl (C=O) groups excluding carboxylic acids is 3. The summed E-state index contributed by atoms with van der Waals surface area (Å²) in [6, 6.07) is 17.6. The lowest BCUT2D eigenvalue weighted by atomic mass is 10.1. The average molecular weight is 645 g/mol. The third-order valence-corrected chi connectivity index (χ3v) is 6.88. The summed E-state index contributed by atoms with van der Waals surface area (Å²) in [6.07, 6.45) is -4.81. The zero-order valence-corrected chi connectivity index (χ0v) is 25.7. The van der Waals surface area contributed by atoms with E-state index in [0.29, 0.717) is 36.2 Å². The van der Waals surface area contributed by atoms with E-state index in [-0.39, 0.29) is 43.7 Å². The molecule has 1 heterocycles. The minimum absolute atomic E-state index is 0.0636. The Morgan fingerprint density at radius 1 is 0.935 bits per heavy atom. The lowest BCUT2D eigenvalue weighted by molar-refractivity contribution is -0.137. The van der Waals surface area contributed by atoms with Gasteiger partial charge in [-0.15, -0.1) is 0 Å². The zero-order chi connectivity index (χ0) is 33.5. The third kappa shape index (κ3) is 10.4. The molecule has 1 saturated heterocycles. The Bertz CT molecular complexity index is 1510. The number of para-hydroxylation sites is 1. The maximum atomic E-state index is 13.8. The normalized spacial score (nSPS) is 14.8. The summed E-state index contributed by atoms with van der Waals surface area (Å²) in [5.41, 5.74) is -1.38. The number of nitrogens with zero attached hydrogens (tertiary/aromatic N) is 2. The van der Waals surface area contributed by atoms with Crippen LogP contribution in [0.4, 0.5) is 28.0 Å². The van der Waals surface area contributed by atoms with Gasteiger partial charge in [-0.1, -0.05) is 18.2 Å². The van der Waals surface area contributed by atoms with Crippen molar-refractivity contribution < 1.29 is 41.4 Å². The highest BCUT2D eigenvalue weighted by Crippen LogP contribution is 2.30. The van der Waals surface area contributed by atoms with E-state index in [1.165, 1.54) is 4.90 Å². The number of benzene rings is 3. The first-order valence-electron chi connectivity index (χ1n) is 14.6. The topological polar surface area (TPSA) is 100 Å². The van der Waals surface area contributed by atoms with Gasteiger partial charge >= 0.3 is 12.3 Å². The van der Waals surface area contributed by atoms with Gasteiger partial charge in [-0.2, -0.15) is 13.2 Å². The fraction of sp³-hybridized carbons (Fsp3) is 0.364. The van der Waals surface area contributed by atoms with Crippen molar-refractivity contribution in [1.82, 2.24) is 15.5 Å². The highest BCUT2D eigenvalue weighted by Gasteiger charge is 2.32. The van der Waals surface area contributed by atoms with Crippen LogP contribution in [-0.4, -0.2) is 60.6 Å². The molecule has 0 bridgehead atoms. The summed E-state index contributed by atoms with van der Waals surface area (Å²) in [5, 5.41) is 5.28. The molecule has 9 nitrogen and oxygen atoms in total. The number of carbonyl (C=O) groups is 3. The van der Waals surface area contributed by atoms with Crippen LogP contribution in [0.5, 0.6) is 11.5 Å². The third-order valence-electron chi connectivity index (χ3n) is 6.88. The van der Waals surface area contributed by atoms with Gasteiger partial charge in [-0.3, -0.25) is 9.59 Å². The summed E-state index contributed by atoms with van der Waals surface area (Å²) >= 11 is 0. The molecule has 13 heteroatoms. The molecule has 0 saturated carbocycles. The van der Waals surface area contributed by atoms with Gasteiger partial charge < -0.3 is 29.9 Å². The van der Waals surface area contributed by atoms with E-state index in [9.17, 15) is 31.9 Å². The van der Waals surface area contributed by atoms with E-state index in [1.807, 2.05) is 18.2 Å². The number of alkyl carbamates (subject to hydrolysis) is 1. The van der Waals surface area contributed by atoms with Crippen molar-refractivity contribution in [3.63, 3.8) is 0 Å². The number of rotatable bonds is 10. The second-order valence-electron chi connectivity index (χ2n) is 11.9. The van der Waals surface area contributed by atoms with Gasteiger partial charge in [0, 0.05) is 25.3 Å². The van der Waals surface area contributed by atoms with Gasteiger partial charge in [0.25, 0.3) is 0 Å². The lowest BCUT2D eigenvalue weighted by Gasteiger charge is -2.27. The van der Waals surface area contributed by atoms with E-state index < -0.39 is 35.2 Å². The van der Waals surface area contributed by atoms with E-state index in [4.69, 9.17) is 9.47 Å². The molecule has 2 N–H and O–H groups in total. The zero-order valence-electron chi connectivity index (χ0n) is 25.7. The van der Waals surface area contributed by atoms with Crippen LogP contribution >= 0.6 is 0 Å². The number of ether oxygens (including phenoxy) is 2. The van der Waals surface area contributed by atoms with Crippen LogP contribution in [0.1, 0.15) is 38.3 Å². The molecule has 46 heavy (non-hydrogen) atoms. The highest BCUT2D eigenvalue weighted by atomic mass is 19.4. The fourth-order valence-corrected chi connectivity index (χ4v) is 4.78. The second kappa shape index (κ2) is 14.5. The predicted molar refractivity (Wildman–Crippen MR) is 163 cm³/mol. The predicted octanol–water partition coefficient (Wildman–Crippen LogP) is 5.89. The minimum Gasteiger partial charge on any atom is -0.457 e. The van der Waals surface area contributed by atoms with Crippen LogP contribution in [0.2, 0.25) is 0 Å². The van der Waals surface area contributed by atoms with Gasteiger partial charge in [-0.05, 0) is 87.4 Å². The molecule has 1 atom stereocenters. The Balaban J connectivity index is 1.44. The van der Waals surface area contributed by atoms with Crippen molar-refractivity contribution in [2.75, 3.05) is 31.1 Å². The quantitative estimate of drug-likeness (QED) is 0.267. The molecule has 1 unspecified atom stereocenters. The largest absolute Gasteiger partial charge is 0.457 e. The Kier molecular flexibility index (Phi) is 10.8. The molecule has 3 aromatic rings. The summed E-state index contributed by atoms with van der Waals surface area (Å²) in [7, 11) is 0. The average Bonchev–Trinajstić information content (AvgIpc) is 3.43. The molecule has 246 valence electrons. The van der Waals surface area contributed by atoms with E-state index in [0.717, 1.165) is 12.1 Å². The minimum atomic E-state index is -4.74. The van der Waals surface area contributed by atoms with Crippen LogP contribution in [-0.2, 0) is 27.0 Å². The molecular weight excluding hydrogens is 608 g/mol. The van der Waals surface area contributed by atoms with Gasteiger partial charge in [0.15, 0.2) is 0 Å². The number of nitrogens with one attached hydrogen (secondary N) is 2. The van der Waals surface area contributed by atoms with E-state index >= 15 is 0 Å². The molecule has 0 aliphatic carbocycles. The molecule has 0 radical (unpaired) electrons. The summed E-state index contributed by atoms with van der Waals surface area (Å²) in [4.78, 5) is 41.6. The van der Waals surface area contributed by atoms with E-state index in [2.05, 4.69) is 10.6 Å². The maximum absolute atomic E-state index is 13.8. The molecule has 0 spiro atoms. The van der Waals surface area contributed by atoms with Crippen LogP contribution in [0.15, 0.2) is 72.8 Å². The van der Waals surface area contributed by atoms with Crippen LogP contribution < -0.4 is 20.3 Å². The van der Waals surface area contributed by atoms with Crippen LogP contribution in [0, 0.1) is 5.82 Å². The summed E-state index contributed by atoms with van der Waals surface area (Å²) in [5.74, 6) is -0.828. The van der Waals surface area contributed by atoms with Crippen LogP contribution in [0.3, 0.4) is 0 Å². The molecule has 1 aliphatic rings. The van der Waals surface area contributed by atoms with Gasteiger partial charge in [-0.25, -0.2) is 9.18 Å².